The van der Waals surface area contributed by atoms with Crippen molar-refractivity contribution in [1.29, 1.82) is 0 Å². The van der Waals surface area contributed by atoms with Gasteiger partial charge in [-0.3, -0.25) is 4.79 Å². The first-order valence-electron chi connectivity index (χ1n) is 7.88. The number of carbonyl (C=O) groups excluding carboxylic acids is 2. The standard InChI is InChI=1S/C19H18FNO3/c20-16-8-4-7-15(11-16)18-12-17(22)9-10-21(18)19(23)24-13-14-5-2-1-3-6-14/h1-8,11,18H,9-10,12-13H2. The number of hydrogen-bond acceptors (Lipinski definition) is 3. The lowest BCUT2D eigenvalue weighted by atomic mass is 9.95. The van der Waals surface area contributed by atoms with E-state index in [1.807, 2.05) is 30.3 Å². The minimum Gasteiger partial charge on any atom is -0.445 e. The van der Waals surface area contributed by atoms with Crippen molar-refractivity contribution in [1.82, 2.24) is 4.90 Å². The molecule has 1 saturated heterocycles. The molecule has 0 aromatic heterocycles. The Bertz CT molecular complexity index is 732. The average molecular weight is 327 g/mol. The Balaban J connectivity index is 1.73. The summed E-state index contributed by atoms with van der Waals surface area (Å²) in [7, 11) is 0. The van der Waals surface area contributed by atoms with Crippen LogP contribution in [-0.2, 0) is 16.1 Å². The zero-order chi connectivity index (χ0) is 16.9. The normalized spacial score (nSPS) is 17.6. The molecule has 0 saturated carbocycles. The monoisotopic (exact) mass is 327 g/mol. The highest BCUT2D eigenvalue weighted by Crippen LogP contribution is 2.30. The van der Waals surface area contributed by atoms with E-state index in [0.29, 0.717) is 12.0 Å². The highest BCUT2D eigenvalue weighted by Gasteiger charge is 2.32. The molecule has 1 aliphatic rings. The molecule has 2 aromatic rings. The maximum atomic E-state index is 13.5. The van der Waals surface area contributed by atoms with Crippen molar-refractivity contribution in [3.05, 3.63) is 71.5 Å². The lowest BCUT2D eigenvalue weighted by Gasteiger charge is -2.34. The van der Waals surface area contributed by atoms with Crippen LogP contribution in [0.3, 0.4) is 0 Å². The van der Waals surface area contributed by atoms with Crippen LogP contribution >= 0.6 is 0 Å². The maximum Gasteiger partial charge on any atom is 0.410 e. The van der Waals surface area contributed by atoms with Crippen molar-refractivity contribution < 1.29 is 18.7 Å². The second-order valence-electron chi connectivity index (χ2n) is 5.80. The Morgan fingerprint density at radius 1 is 1.17 bits per heavy atom. The molecule has 1 aliphatic heterocycles. The molecule has 1 atom stereocenters. The number of carbonyl (C=O) groups is 2. The Hall–Kier alpha value is -2.69. The van der Waals surface area contributed by atoms with Crippen LogP contribution in [0, 0.1) is 5.82 Å². The summed E-state index contributed by atoms with van der Waals surface area (Å²) < 4.78 is 18.9. The van der Waals surface area contributed by atoms with Crippen LogP contribution in [0.2, 0.25) is 0 Å². The van der Waals surface area contributed by atoms with Crippen LogP contribution in [0.15, 0.2) is 54.6 Å². The summed E-state index contributed by atoms with van der Waals surface area (Å²) >= 11 is 0. The number of Topliss-reactive ketones (excluding diaryl/α,β-unsaturated/α-hetero) is 1. The smallest absolute Gasteiger partial charge is 0.410 e. The average Bonchev–Trinajstić information content (AvgIpc) is 2.60. The van der Waals surface area contributed by atoms with E-state index in [1.165, 1.54) is 17.0 Å². The van der Waals surface area contributed by atoms with Crippen molar-refractivity contribution >= 4 is 11.9 Å². The van der Waals surface area contributed by atoms with Crippen molar-refractivity contribution in [3.8, 4) is 0 Å². The molecule has 0 radical (unpaired) electrons. The van der Waals surface area contributed by atoms with Crippen LogP contribution in [0.25, 0.3) is 0 Å². The quantitative estimate of drug-likeness (QED) is 0.860. The van der Waals surface area contributed by atoms with Gasteiger partial charge in [-0.25, -0.2) is 9.18 Å². The minimum atomic E-state index is -0.486. The second-order valence-corrected chi connectivity index (χ2v) is 5.80. The molecule has 0 aliphatic carbocycles. The number of hydrogen-bond donors (Lipinski definition) is 0. The SMILES string of the molecule is O=C1CCN(C(=O)OCc2ccccc2)C(c2cccc(F)c2)C1. The first kappa shape index (κ1) is 16.2. The van der Waals surface area contributed by atoms with Crippen LogP contribution < -0.4 is 0 Å². The molecule has 1 fully saturated rings. The summed E-state index contributed by atoms with van der Waals surface area (Å²) in [4.78, 5) is 25.8. The van der Waals surface area contributed by atoms with Crippen molar-refractivity contribution in [3.63, 3.8) is 0 Å². The van der Waals surface area contributed by atoms with Gasteiger partial charge in [0.1, 0.15) is 18.2 Å². The molecule has 0 spiro atoms. The first-order valence-corrected chi connectivity index (χ1v) is 7.88. The van der Waals surface area contributed by atoms with Gasteiger partial charge in [0, 0.05) is 19.4 Å². The molecule has 3 rings (SSSR count). The van der Waals surface area contributed by atoms with Gasteiger partial charge in [-0.05, 0) is 23.3 Å². The van der Waals surface area contributed by atoms with Gasteiger partial charge in [0.25, 0.3) is 0 Å². The third-order valence-corrected chi connectivity index (χ3v) is 4.10. The Labute approximate surface area is 139 Å². The topological polar surface area (TPSA) is 46.6 Å². The molecule has 0 bridgehead atoms. The van der Waals surface area contributed by atoms with E-state index < -0.39 is 12.1 Å². The van der Waals surface area contributed by atoms with Gasteiger partial charge in [0.15, 0.2) is 0 Å². The summed E-state index contributed by atoms with van der Waals surface area (Å²) in [5.41, 5.74) is 1.50. The van der Waals surface area contributed by atoms with Gasteiger partial charge >= 0.3 is 6.09 Å². The van der Waals surface area contributed by atoms with E-state index in [9.17, 15) is 14.0 Å². The molecule has 24 heavy (non-hydrogen) atoms. The molecule has 124 valence electrons. The fraction of sp³-hybridized carbons (Fsp3) is 0.263. The van der Waals surface area contributed by atoms with Gasteiger partial charge in [-0.2, -0.15) is 0 Å². The number of rotatable bonds is 3. The lowest BCUT2D eigenvalue weighted by molar-refractivity contribution is -0.122. The summed E-state index contributed by atoms with van der Waals surface area (Å²) in [6.07, 6.45) is -0.00326. The lowest BCUT2D eigenvalue weighted by Crippen LogP contribution is -2.41. The molecule has 5 heteroatoms. The highest BCUT2D eigenvalue weighted by atomic mass is 19.1. The number of nitrogens with zero attached hydrogens (tertiary/aromatic N) is 1. The Morgan fingerprint density at radius 2 is 1.96 bits per heavy atom. The summed E-state index contributed by atoms with van der Waals surface area (Å²) in [6, 6.07) is 14.9. The second kappa shape index (κ2) is 7.25. The summed E-state index contributed by atoms with van der Waals surface area (Å²) in [5, 5.41) is 0. The largest absolute Gasteiger partial charge is 0.445 e. The fourth-order valence-corrected chi connectivity index (χ4v) is 2.86. The van der Waals surface area contributed by atoms with Crippen molar-refractivity contribution in [2.24, 2.45) is 0 Å². The highest BCUT2D eigenvalue weighted by molar-refractivity contribution is 5.82. The van der Waals surface area contributed by atoms with Gasteiger partial charge in [0.05, 0.1) is 6.04 Å². The molecule has 1 amide bonds. The van der Waals surface area contributed by atoms with Crippen molar-refractivity contribution in [2.75, 3.05) is 6.54 Å². The Kier molecular flexibility index (Phi) is 4.89. The maximum absolute atomic E-state index is 13.5. The van der Waals surface area contributed by atoms with Crippen LogP contribution in [0.4, 0.5) is 9.18 Å². The number of halogens is 1. The third-order valence-electron chi connectivity index (χ3n) is 4.10. The van der Waals surface area contributed by atoms with E-state index in [-0.39, 0.29) is 31.2 Å². The molecule has 0 N–H and O–H groups in total. The van der Waals surface area contributed by atoms with E-state index >= 15 is 0 Å². The molecule has 2 aromatic carbocycles. The van der Waals surface area contributed by atoms with Crippen LogP contribution in [-0.4, -0.2) is 23.3 Å². The van der Waals surface area contributed by atoms with Crippen LogP contribution in [0.5, 0.6) is 0 Å². The van der Waals surface area contributed by atoms with E-state index in [2.05, 4.69) is 0 Å². The number of benzene rings is 2. The van der Waals surface area contributed by atoms with E-state index in [0.717, 1.165) is 5.56 Å². The molecular weight excluding hydrogens is 309 g/mol. The predicted octanol–water partition coefficient (Wildman–Crippen LogP) is 3.87. The summed E-state index contributed by atoms with van der Waals surface area (Å²) in [6.45, 7) is 0.452. The zero-order valence-corrected chi connectivity index (χ0v) is 13.2. The van der Waals surface area contributed by atoms with Gasteiger partial charge in [-0.1, -0.05) is 42.5 Å². The first-order chi connectivity index (χ1) is 11.6. The Morgan fingerprint density at radius 3 is 2.71 bits per heavy atom. The van der Waals surface area contributed by atoms with Crippen LogP contribution in [0.1, 0.15) is 30.0 Å². The third kappa shape index (κ3) is 3.79. The molecule has 1 heterocycles. The van der Waals surface area contributed by atoms with Gasteiger partial charge in [-0.15, -0.1) is 0 Å². The van der Waals surface area contributed by atoms with Crippen molar-refractivity contribution in [2.45, 2.75) is 25.5 Å². The fourth-order valence-electron chi connectivity index (χ4n) is 2.86. The van der Waals surface area contributed by atoms with Gasteiger partial charge < -0.3 is 9.64 Å². The zero-order valence-electron chi connectivity index (χ0n) is 13.2. The van der Waals surface area contributed by atoms with Gasteiger partial charge in [0.2, 0.25) is 0 Å². The molecule has 1 unspecified atom stereocenters. The number of ketones is 1. The van der Waals surface area contributed by atoms with E-state index in [1.54, 1.807) is 12.1 Å². The predicted molar refractivity (Wildman–Crippen MR) is 86.7 cm³/mol. The minimum absolute atomic E-state index is 0.0661. The summed E-state index contributed by atoms with van der Waals surface area (Å²) in [5.74, 6) is -0.320. The van der Waals surface area contributed by atoms with E-state index in [4.69, 9.17) is 4.74 Å². The molecule has 4 nitrogen and oxygen atoms in total. The number of ether oxygens (including phenoxy) is 1. The molecular formula is C19H18FNO3. The number of likely N-dealkylation sites (tertiary alicyclic amines) is 1. The number of amides is 1. The number of piperidine rings is 1.